The predicted molar refractivity (Wildman–Crippen MR) is 138 cm³/mol. The molecule has 37 heavy (non-hydrogen) atoms. The van der Waals surface area contributed by atoms with Crippen molar-refractivity contribution in [3.05, 3.63) is 59.9 Å². The molecule has 3 rings (SSSR count). The van der Waals surface area contributed by atoms with Crippen LogP contribution in [0, 0.1) is 17.7 Å². The minimum atomic E-state index is -4.31. The van der Waals surface area contributed by atoms with E-state index in [1.165, 1.54) is 42.5 Å². The van der Waals surface area contributed by atoms with Crippen molar-refractivity contribution in [3.8, 4) is 22.9 Å². The van der Waals surface area contributed by atoms with Gasteiger partial charge in [-0.25, -0.2) is 19.1 Å². The smallest absolute Gasteiger partial charge is 0.281 e. The van der Waals surface area contributed by atoms with E-state index in [9.17, 15) is 17.6 Å². The van der Waals surface area contributed by atoms with E-state index < -0.39 is 26.8 Å². The summed E-state index contributed by atoms with van der Waals surface area (Å²) >= 11 is 0. The number of nitrogens with one attached hydrogen (secondary N) is 1. The van der Waals surface area contributed by atoms with Crippen LogP contribution in [0.1, 0.15) is 44.5 Å². The van der Waals surface area contributed by atoms with Crippen molar-refractivity contribution in [2.45, 2.75) is 39.1 Å². The van der Waals surface area contributed by atoms with Crippen molar-refractivity contribution < 1.29 is 27.1 Å². The number of anilines is 1. The molecule has 0 bridgehead atoms. The van der Waals surface area contributed by atoms with Crippen LogP contribution in [0.5, 0.6) is 11.6 Å². The summed E-state index contributed by atoms with van der Waals surface area (Å²) in [6.45, 7) is 8.64. The summed E-state index contributed by atoms with van der Waals surface area (Å²) in [6.07, 6.45) is 0.672. The molecule has 3 N–H and O–H groups in total. The molecule has 0 atom stereocenters. The Balaban J connectivity index is 1.95. The van der Waals surface area contributed by atoms with Crippen LogP contribution in [0.2, 0.25) is 0 Å². The number of carbonyl (C=O) groups is 1. The number of hydrogen-bond donors (Lipinski definition) is 2. The zero-order valence-corrected chi connectivity index (χ0v) is 22.0. The molecule has 11 heteroatoms. The van der Waals surface area contributed by atoms with E-state index in [0.717, 1.165) is 0 Å². The van der Waals surface area contributed by atoms with Crippen molar-refractivity contribution in [1.29, 1.82) is 0 Å². The van der Waals surface area contributed by atoms with Gasteiger partial charge < -0.3 is 15.2 Å². The van der Waals surface area contributed by atoms with Gasteiger partial charge in [0.15, 0.2) is 5.03 Å². The monoisotopic (exact) mass is 530 g/mol. The largest absolute Gasteiger partial charge is 0.493 e. The minimum absolute atomic E-state index is 0.00844. The van der Waals surface area contributed by atoms with Crippen molar-refractivity contribution in [1.82, 2.24) is 14.7 Å². The van der Waals surface area contributed by atoms with Crippen LogP contribution in [0.15, 0.2) is 53.6 Å². The third kappa shape index (κ3) is 7.88. The standard InChI is InChI=1S/C26H31FN4O5S/c1-16(2)10-11-35-26-21(25(32)31-37(33,34)24-7-5-6-23(28)30-24)8-9-22(29-26)18-12-19(27)14-20(13-18)36-15-17(3)4/h5-9,12-14,16-17H,10-11,15H2,1-4H3,(H2,28,30)(H,31,32). The number of nitrogens with zero attached hydrogens (tertiary/aromatic N) is 2. The summed E-state index contributed by atoms with van der Waals surface area (Å²) in [5, 5.41) is -0.401. The summed E-state index contributed by atoms with van der Waals surface area (Å²) in [5.41, 5.74) is 6.21. The molecule has 2 aromatic heterocycles. The first-order chi connectivity index (χ1) is 17.4. The Kier molecular flexibility index (Phi) is 9.04. The van der Waals surface area contributed by atoms with Gasteiger partial charge in [0, 0.05) is 11.6 Å². The van der Waals surface area contributed by atoms with E-state index in [4.69, 9.17) is 15.2 Å². The van der Waals surface area contributed by atoms with Gasteiger partial charge in [-0.3, -0.25) is 4.79 Å². The fourth-order valence-corrected chi connectivity index (χ4v) is 4.08. The Morgan fingerprint density at radius 3 is 2.46 bits per heavy atom. The van der Waals surface area contributed by atoms with Crippen molar-refractivity contribution >= 4 is 21.7 Å². The quantitative estimate of drug-likeness (QED) is 0.372. The number of halogens is 1. The Morgan fingerprint density at radius 2 is 1.78 bits per heavy atom. The van der Waals surface area contributed by atoms with Crippen LogP contribution in [0.25, 0.3) is 11.3 Å². The van der Waals surface area contributed by atoms with Crippen molar-refractivity contribution in [2.24, 2.45) is 11.8 Å². The number of rotatable bonds is 11. The molecule has 0 unspecified atom stereocenters. The van der Waals surface area contributed by atoms with E-state index in [0.29, 0.717) is 36.0 Å². The molecule has 0 aliphatic heterocycles. The fourth-order valence-electron chi connectivity index (χ4n) is 3.14. The number of ether oxygens (including phenoxy) is 2. The zero-order valence-electron chi connectivity index (χ0n) is 21.2. The predicted octanol–water partition coefficient (Wildman–Crippen LogP) is 4.44. The molecule has 0 radical (unpaired) electrons. The zero-order chi connectivity index (χ0) is 27.2. The number of sulfonamides is 1. The molecule has 0 aliphatic rings. The highest BCUT2D eigenvalue weighted by Crippen LogP contribution is 2.28. The van der Waals surface area contributed by atoms with Gasteiger partial charge in [0.25, 0.3) is 15.9 Å². The molecular weight excluding hydrogens is 499 g/mol. The van der Waals surface area contributed by atoms with Crippen molar-refractivity contribution in [3.63, 3.8) is 0 Å². The lowest BCUT2D eigenvalue weighted by atomic mass is 10.1. The Morgan fingerprint density at radius 1 is 1.03 bits per heavy atom. The van der Waals surface area contributed by atoms with Crippen LogP contribution < -0.4 is 19.9 Å². The third-order valence-corrected chi connectivity index (χ3v) is 6.27. The molecule has 0 saturated heterocycles. The van der Waals surface area contributed by atoms with Gasteiger partial charge in [-0.05, 0) is 54.7 Å². The van der Waals surface area contributed by atoms with Crippen molar-refractivity contribution in [2.75, 3.05) is 18.9 Å². The number of hydrogen-bond acceptors (Lipinski definition) is 8. The number of carbonyl (C=O) groups excluding carboxylic acids is 1. The average molecular weight is 531 g/mol. The second-order valence-corrected chi connectivity index (χ2v) is 10.9. The van der Waals surface area contributed by atoms with E-state index in [1.807, 2.05) is 32.4 Å². The highest BCUT2D eigenvalue weighted by molar-refractivity contribution is 7.90. The summed E-state index contributed by atoms with van der Waals surface area (Å²) in [6, 6.07) is 11.1. The van der Waals surface area contributed by atoms with Crippen LogP contribution in [0.3, 0.4) is 0 Å². The number of amides is 1. The Hall–Kier alpha value is -3.73. The molecule has 1 amide bonds. The van der Waals surface area contributed by atoms with E-state index in [1.54, 1.807) is 6.07 Å². The van der Waals surface area contributed by atoms with E-state index in [2.05, 4.69) is 9.97 Å². The highest BCUT2D eigenvalue weighted by atomic mass is 32.2. The Bertz CT molecular complexity index is 1360. The second-order valence-electron chi connectivity index (χ2n) is 9.30. The molecule has 0 aliphatic carbocycles. The number of aromatic nitrogens is 2. The van der Waals surface area contributed by atoms with Crippen LogP contribution in [0.4, 0.5) is 10.2 Å². The third-order valence-electron chi connectivity index (χ3n) is 5.04. The number of nitrogen functional groups attached to an aromatic ring is 1. The molecule has 0 saturated carbocycles. The molecule has 198 valence electrons. The van der Waals surface area contributed by atoms with Gasteiger partial charge in [-0.15, -0.1) is 0 Å². The lowest BCUT2D eigenvalue weighted by Gasteiger charge is -2.14. The lowest BCUT2D eigenvalue weighted by Crippen LogP contribution is -2.31. The normalized spacial score (nSPS) is 11.5. The molecule has 0 fully saturated rings. The van der Waals surface area contributed by atoms with Gasteiger partial charge in [-0.1, -0.05) is 33.8 Å². The van der Waals surface area contributed by atoms with Gasteiger partial charge >= 0.3 is 0 Å². The number of benzene rings is 1. The first kappa shape index (κ1) is 27.9. The summed E-state index contributed by atoms with van der Waals surface area (Å²) in [4.78, 5) is 21.2. The first-order valence-electron chi connectivity index (χ1n) is 11.8. The van der Waals surface area contributed by atoms with Gasteiger partial charge in [0.05, 0.1) is 18.9 Å². The Labute approximate surface area is 216 Å². The van der Waals surface area contributed by atoms with Gasteiger partial charge in [-0.2, -0.15) is 8.42 Å². The maximum atomic E-state index is 14.3. The maximum absolute atomic E-state index is 14.3. The second kappa shape index (κ2) is 12.0. The van der Waals surface area contributed by atoms with Gasteiger partial charge in [0.1, 0.15) is 22.9 Å². The van der Waals surface area contributed by atoms with Crippen LogP contribution in [-0.4, -0.2) is 37.5 Å². The number of pyridine rings is 2. The molecule has 1 aromatic carbocycles. The molecule has 2 heterocycles. The minimum Gasteiger partial charge on any atom is -0.493 e. The molecular formula is C26H31FN4O5S. The first-order valence-corrected chi connectivity index (χ1v) is 13.3. The number of nitrogens with two attached hydrogens (primary N) is 1. The topological polar surface area (TPSA) is 134 Å². The van der Waals surface area contributed by atoms with Crippen LogP contribution in [-0.2, 0) is 10.0 Å². The fraction of sp³-hybridized carbons (Fsp3) is 0.346. The SMILES string of the molecule is CC(C)CCOc1nc(-c2cc(F)cc(OCC(C)C)c2)ccc1C(=O)NS(=O)(=O)c1cccc(N)n1. The summed E-state index contributed by atoms with van der Waals surface area (Å²) in [5.74, 6) is -0.644. The van der Waals surface area contributed by atoms with E-state index >= 15 is 0 Å². The van der Waals surface area contributed by atoms with Crippen LogP contribution >= 0.6 is 0 Å². The lowest BCUT2D eigenvalue weighted by molar-refractivity contribution is 0.0976. The highest BCUT2D eigenvalue weighted by Gasteiger charge is 2.24. The van der Waals surface area contributed by atoms with E-state index in [-0.39, 0.29) is 29.8 Å². The molecule has 9 nitrogen and oxygen atoms in total. The maximum Gasteiger partial charge on any atom is 0.281 e. The molecule has 0 spiro atoms. The molecule has 3 aromatic rings. The average Bonchev–Trinajstić information content (AvgIpc) is 2.82. The van der Waals surface area contributed by atoms with Gasteiger partial charge in [0.2, 0.25) is 5.88 Å². The summed E-state index contributed by atoms with van der Waals surface area (Å²) < 4.78 is 53.1. The summed E-state index contributed by atoms with van der Waals surface area (Å²) in [7, 11) is -4.31.